The quantitative estimate of drug-likeness (QED) is 0.844. The lowest BCUT2D eigenvalue weighted by atomic mass is 10.1. The minimum atomic E-state index is -3.62. The zero-order valence-electron chi connectivity index (χ0n) is 12.9. The minimum absolute atomic E-state index is 0.243. The number of nitrogen functional groups attached to an aromatic ring is 1. The molecule has 3 N–H and O–H groups in total. The van der Waals surface area contributed by atoms with Gasteiger partial charge < -0.3 is 10.6 Å². The van der Waals surface area contributed by atoms with Crippen LogP contribution in [0.25, 0.3) is 0 Å². The van der Waals surface area contributed by atoms with E-state index >= 15 is 0 Å². The molecule has 0 radical (unpaired) electrons. The fourth-order valence-electron chi connectivity index (χ4n) is 2.85. The number of anilines is 3. The molecule has 3 rings (SSSR count). The van der Waals surface area contributed by atoms with Crippen LogP contribution in [0.3, 0.4) is 0 Å². The summed E-state index contributed by atoms with van der Waals surface area (Å²) in [5.41, 5.74) is 7.82. The fourth-order valence-corrected chi connectivity index (χ4v) is 3.94. The van der Waals surface area contributed by atoms with Gasteiger partial charge in [0.05, 0.1) is 16.3 Å². The van der Waals surface area contributed by atoms with Crippen LogP contribution < -0.4 is 15.4 Å². The van der Waals surface area contributed by atoms with Crippen LogP contribution in [-0.2, 0) is 10.0 Å². The second kappa shape index (κ2) is 6.50. The van der Waals surface area contributed by atoms with Crippen molar-refractivity contribution in [1.29, 1.82) is 0 Å². The van der Waals surface area contributed by atoms with Crippen LogP contribution >= 0.6 is 0 Å². The Hall–Kier alpha value is -2.21. The molecule has 2 aromatic carbocycles. The Morgan fingerprint density at radius 1 is 0.957 bits per heavy atom. The predicted molar refractivity (Wildman–Crippen MR) is 94.2 cm³/mol. The molecule has 1 saturated heterocycles. The summed E-state index contributed by atoms with van der Waals surface area (Å²) in [4.78, 5) is 2.46. The van der Waals surface area contributed by atoms with Crippen molar-refractivity contribution in [3.05, 3.63) is 48.5 Å². The highest BCUT2D eigenvalue weighted by Gasteiger charge is 2.19. The molecule has 5 nitrogen and oxygen atoms in total. The molecule has 0 aliphatic carbocycles. The first-order chi connectivity index (χ1) is 11.1. The Balaban J connectivity index is 1.94. The average molecular weight is 331 g/mol. The van der Waals surface area contributed by atoms with Crippen molar-refractivity contribution in [3.8, 4) is 0 Å². The van der Waals surface area contributed by atoms with E-state index < -0.39 is 10.0 Å². The van der Waals surface area contributed by atoms with Crippen LogP contribution in [0, 0.1) is 0 Å². The van der Waals surface area contributed by atoms with E-state index in [1.54, 1.807) is 36.4 Å². The van der Waals surface area contributed by atoms with Gasteiger partial charge in [-0.05, 0) is 49.6 Å². The number of hydrogen-bond acceptors (Lipinski definition) is 4. The van der Waals surface area contributed by atoms with E-state index in [1.807, 2.05) is 12.1 Å². The maximum Gasteiger partial charge on any atom is 0.261 e. The van der Waals surface area contributed by atoms with Gasteiger partial charge in [-0.25, -0.2) is 8.42 Å². The monoisotopic (exact) mass is 331 g/mol. The molecule has 0 bridgehead atoms. The molecular formula is C17H21N3O2S. The van der Waals surface area contributed by atoms with Crippen molar-refractivity contribution < 1.29 is 8.42 Å². The Kier molecular flexibility index (Phi) is 4.43. The van der Waals surface area contributed by atoms with Crippen molar-refractivity contribution in [1.82, 2.24) is 0 Å². The summed E-state index contributed by atoms with van der Waals surface area (Å²) in [6.07, 6.45) is 3.46. The van der Waals surface area contributed by atoms with E-state index in [9.17, 15) is 8.42 Å². The number of rotatable bonds is 4. The number of nitrogens with two attached hydrogens (primary N) is 1. The molecule has 0 amide bonds. The Morgan fingerprint density at radius 3 is 2.35 bits per heavy atom. The molecule has 0 spiro atoms. The van der Waals surface area contributed by atoms with E-state index in [4.69, 9.17) is 5.73 Å². The van der Waals surface area contributed by atoms with Crippen LogP contribution in [0.4, 0.5) is 17.1 Å². The molecule has 1 fully saturated rings. The lowest BCUT2D eigenvalue weighted by molar-refractivity contribution is 0.578. The Bertz CT molecular complexity index is 770. The highest BCUT2D eigenvalue weighted by atomic mass is 32.2. The number of nitrogens with zero attached hydrogens (tertiary/aromatic N) is 1. The summed E-state index contributed by atoms with van der Waals surface area (Å²) in [5.74, 6) is 0. The van der Waals surface area contributed by atoms with Gasteiger partial charge in [0.15, 0.2) is 0 Å². The zero-order chi connectivity index (χ0) is 16.3. The largest absolute Gasteiger partial charge is 0.399 e. The molecule has 1 heterocycles. The second-order valence-corrected chi connectivity index (χ2v) is 7.43. The van der Waals surface area contributed by atoms with Gasteiger partial charge in [0.1, 0.15) is 0 Å². The van der Waals surface area contributed by atoms with Crippen LogP contribution in [0.1, 0.15) is 19.3 Å². The lowest BCUT2D eigenvalue weighted by Gasteiger charge is -2.30. The minimum Gasteiger partial charge on any atom is -0.399 e. The molecule has 23 heavy (non-hydrogen) atoms. The fraction of sp³-hybridized carbons (Fsp3) is 0.294. The number of nitrogens with one attached hydrogen (secondary N) is 1. The molecule has 2 aromatic rings. The summed E-state index contributed by atoms with van der Waals surface area (Å²) in [7, 11) is -3.62. The smallest absolute Gasteiger partial charge is 0.261 e. The second-order valence-electron chi connectivity index (χ2n) is 5.74. The normalized spacial score (nSPS) is 15.4. The maximum absolute atomic E-state index is 12.6. The van der Waals surface area contributed by atoms with Gasteiger partial charge in [-0.3, -0.25) is 4.72 Å². The highest BCUT2D eigenvalue weighted by Crippen LogP contribution is 2.32. The van der Waals surface area contributed by atoms with Gasteiger partial charge in [0, 0.05) is 18.8 Å². The Labute approximate surface area is 137 Å². The summed E-state index contributed by atoms with van der Waals surface area (Å²) in [6.45, 7) is 1.87. The highest BCUT2D eigenvalue weighted by molar-refractivity contribution is 7.92. The Morgan fingerprint density at radius 2 is 1.65 bits per heavy atom. The molecular weight excluding hydrogens is 310 g/mol. The van der Waals surface area contributed by atoms with Crippen LogP contribution in [0.15, 0.2) is 53.4 Å². The molecule has 1 aliphatic heterocycles. The van der Waals surface area contributed by atoms with Gasteiger partial charge in [0.25, 0.3) is 10.0 Å². The molecule has 0 atom stereocenters. The first-order valence-electron chi connectivity index (χ1n) is 7.79. The molecule has 1 aliphatic rings. The molecule has 0 aromatic heterocycles. The number of piperidine rings is 1. The predicted octanol–water partition coefficient (Wildman–Crippen LogP) is 3.06. The maximum atomic E-state index is 12.6. The summed E-state index contributed by atoms with van der Waals surface area (Å²) < 4.78 is 27.8. The number of sulfonamides is 1. The topological polar surface area (TPSA) is 75.4 Å². The van der Waals surface area contributed by atoms with Gasteiger partial charge in [-0.15, -0.1) is 0 Å². The third-order valence-electron chi connectivity index (χ3n) is 4.02. The average Bonchev–Trinajstić information content (AvgIpc) is 2.56. The van der Waals surface area contributed by atoms with Crippen molar-refractivity contribution in [2.24, 2.45) is 0 Å². The van der Waals surface area contributed by atoms with E-state index in [1.165, 1.54) is 6.42 Å². The van der Waals surface area contributed by atoms with Gasteiger partial charge >= 0.3 is 0 Å². The standard InChI is InChI=1S/C17H21N3O2S/c18-14-9-10-17(20-11-5-2-6-12-20)16(13-14)19-23(21,22)15-7-3-1-4-8-15/h1,3-4,7-10,13,19H,2,5-6,11-12,18H2. The summed E-state index contributed by atoms with van der Waals surface area (Å²) in [5, 5.41) is 0. The van der Waals surface area contributed by atoms with Gasteiger partial charge in [-0.1, -0.05) is 18.2 Å². The molecule has 0 unspecified atom stereocenters. The third kappa shape index (κ3) is 3.59. The number of benzene rings is 2. The van der Waals surface area contributed by atoms with Crippen molar-refractivity contribution in [2.75, 3.05) is 28.4 Å². The van der Waals surface area contributed by atoms with Crippen LogP contribution in [0.2, 0.25) is 0 Å². The van der Waals surface area contributed by atoms with Gasteiger partial charge in [-0.2, -0.15) is 0 Å². The third-order valence-corrected chi connectivity index (χ3v) is 5.40. The van der Waals surface area contributed by atoms with E-state index in [-0.39, 0.29) is 4.90 Å². The van der Waals surface area contributed by atoms with Crippen molar-refractivity contribution in [3.63, 3.8) is 0 Å². The molecule has 6 heteroatoms. The number of hydrogen-bond donors (Lipinski definition) is 2. The summed E-state index contributed by atoms with van der Waals surface area (Å²) >= 11 is 0. The summed E-state index contributed by atoms with van der Waals surface area (Å²) in [6, 6.07) is 13.8. The molecule has 122 valence electrons. The molecule has 0 saturated carbocycles. The van der Waals surface area contributed by atoms with Crippen LogP contribution in [-0.4, -0.2) is 21.5 Å². The van der Waals surface area contributed by atoms with E-state index in [0.717, 1.165) is 31.6 Å². The first-order valence-corrected chi connectivity index (χ1v) is 9.27. The first kappa shape index (κ1) is 15.7. The van der Waals surface area contributed by atoms with Crippen LogP contribution in [0.5, 0.6) is 0 Å². The van der Waals surface area contributed by atoms with Crippen molar-refractivity contribution >= 4 is 27.1 Å². The SMILES string of the molecule is Nc1ccc(N2CCCCC2)c(NS(=O)(=O)c2ccccc2)c1. The van der Waals surface area contributed by atoms with E-state index in [0.29, 0.717) is 11.4 Å². The van der Waals surface area contributed by atoms with Crippen molar-refractivity contribution in [2.45, 2.75) is 24.2 Å². The van der Waals surface area contributed by atoms with E-state index in [2.05, 4.69) is 9.62 Å². The van der Waals surface area contributed by atoms with Gasteiger partial charge in [0.2, 0.25) is 0 Å². The lowest BCUT2D eigenvalue weighted by Crippen LogP contribution is -2.30. The zero-order valence-corrected chi connectivity index (χ0v) is 13.7.